The van der Waals surface area contributed by atoms with Crippen molar-refractivity contribution >= 4 is 40.0 Å². The molecule has 1 aromatic carbocycles. The summed E-state index contributed by atoms with van der Waals surface area (Å²) < 4.78 is 18.3. The predicted octanol–water partition coefficient (Wildman–Crippen LogP) is 3.09. The fourth-order valence-corrected chi connectivity index (χ4v) is 4.54. The summed E-state index contributed by atoms with van der Waals surface area (Å²) >= 11 is 1.63. The van der Waals surface area contributed by atoms with Crippen LogP contribution in [0.4, 0.5) is 17.5 Å². The van der Waals surface area contributed by atoms with E-state index < -0.39 is 0 Å². The first-order valence-electron chi connectivity index (χ1n) is 10.8. The van der Waals surface area contributed by atoms with Gasteiger partial charge in [-0.3, -0.25) is 9.47 Å². The number of ether oxygens (including phenoxy) is 3. The van der Waals surface area contributed by atoms with E-state index in [0.29, 0.717) is 23.0 Å². The van der Waals surface area contributed by atoms with Crippen LogP contribution in [0.15, 0.2) is 41.4 Å². The Labute approximate surface area is 194 Å². The highest BCUT2D eigenvalue weighted by Crippen LogP contribution is 2.36. The van der Waals surface area contributed by atoms with Crippen molar-refractivity contribution in [3.63, 3.8) is 0 Å². The average molecular weight is 466 g/mol. The SMILES string of the molecule is c1cc(-n2cnc3c(Nc4ccc5c(c4)OCO5)nc(NCCN4CCOCC4)nc32)cs1. The number of benzene rings is 1. The van der Waals surface area contributed by atoms with Gasteiger partial charge in [0.25, 0.3) is 0 Å². The predicted molar refractivity (Wildman–Crippen MR) is 126 cm³/mol. The smallest absolute Gasteiger partial charge is 0.231 e. The molecule has 10 nitrogen and oxygen atoms in total. The first kappa shape index (κ1) is 20.2. The molecule has 0 spiro atoms. The van der Waals surface area contributed by atoms with Gasteiger partial charge in [0.15, 0.2) is 28.5 Å². The van der Waals surface area contributed by atoms with E-state index in [1.54, 1.807) is 17.7 Å². The summed E-state index contributed by atoms with van der Waals surface area (Å²) in [5.74, 6) is 2.62. The summed E-state index contributed by atoms with van der Waals surface area (Å²) in [5.41, 5.74) is 3.29. The van der Waals surface area contributed by atoms with Crippen LogP contribution in [0.5, 0.6) is 11.5 Å². The van der Waals surface area contributed by atoms with E-state index in [0.717, 1.165) is 62.2 Å². The summed E-state index contributed by atoms with van der Waals surface area (Å²) in [6.07, 6.45) is 1.78. The summed E-state index contributed by atoms with van der Waals surface area (Å²) in [7, 11) is 0. The van der Waals surface area contributed by atoms with Crippen LogP contribution in [0.1, 0.15) is 0 Å². The molecule has 0 bridgehead atoms. The molecule has 0 saturated carbocycles. The number of hydrogen-bond donors (Lipinski definition) is 2. The molecule has 0 radical (unpaired) electrons. The van der Waals surface area contributed by atoms with Crippen LogP contribution < -0.4 is 20.1 Å². The number of aromatic nitrogens is 4. The summed E-state index contributed by atoms with van der Waals surface area (Å²) in [6, 6.07) is 7.76. The lowest BCUT2D eigenvalue weighted by Crippen LogP contribution is -2.39. The number of anilines is 3. The highest BCUT2D eigenvalue weighted by atomic mass is 32.1. The molecule has 170 valence electrons. The van der Waals surface area contributed by atoms with Gasteiger partial charge in [-0.05, 0) is 23.6 Å². The second-order valence-corrected chi connectivity index (χ2v) is 8.52. The van der Waals surface area contributed by atoms with Crippen molar-refractivity contribution in [1.82, 2.24) is 24.4 Å². The normalized spacial score (nSPS) is 15.8. The van der Waals surface area contributed by atoms with Crippen molar-refractivity contribution in [2.24, 2.45) is 0 Å². The van der Waals surface area contributed by atoms with Gasteiger partial charge in [0.1, 0.15) is 6.33 Å². The van der Waals surface area contributed by atoms with Gasteiger partial charge in [-0.1, -0.05) is 0 Å². The molecule has 1 saturated heterocycles. The van der Waals surface area contributed by atoms with Crippen molar-refractivity contribution < 1.29 is 14.2 Å². The van der Waals surface area contributed by atoms with Crippen molar-refractivity contribution in [3.8, 4) is 17.2 Å². The van der Waals surface area contributed by atoms with Gasteiger partial charge in [0, 0.05) is 43.3 Å². The fourth-order valence-electron chi connectivity index (χ4n) is 3.91. The lowest BCUT2D eigenvalue weighted by Gasteiger charge is -2.26. The molecule has 5 heterocycles. The molecule has 3 aromatic heterocycles. The summed E-state index contributed by atoms with van der Waals surface area (Å²) in [6.45, 7) is 5.34. The first-order chi connectivity index (χ1) is 16.3. The Morgan fingerprint density at radius 3 is 2.85 bits per heavy atom. The zero-order valence-electron chi connectivity index (χ0n) is 17.9. The molecule has 1 fully saturated rings. The Morgan fingerprint density at radius 2 is 1.97 bits per heavy atom. The zero-order valence-corrected chi connectivity index (χ0v) is 18.7. The fraction of sp³-hybridized carbons (Fsp3) is 0.318. The Balaban J connectivity index is 1.31. The second kappa shape index (κ2) is 8.85. The number of thiophene rings is 1. The minimum Gasteiger partial charge on any atom is -0.454 e. The number of imidazole rings is 1. The Bertz CT molecular complexity index is 1250. The molecular weight excluding hydrogens is 442 g/mol. The number of morpholine rings is 1. The molecule has 2 aliphatic heterocycles. The number of hydrogen-bond acceptors (Lipinski definition) is 10. The number of rotatable bonds is 7. The molecule has 2 N–H and O–H groups in total. The minimum atomic E-state index is 0.235. The van der Waals surface area contributed by atoms with Crippen molar-refractivity contribution in [3.05, 3.63) is 41.4 Å². The lowest BCUT2D eigenvalue weighted by molar-refractivity contribution is 0.0398. The molecule has 11 heteroatoms. The van der Waals surface area contributed by atoms with Gasteiger partial charge >= 0.3 is 0 Å². The van der Waals surface area contributed by atoms with Crippen LogP contribution in [0.3, 0.4) is 0 Å². The largest absolute Gasteiger partial charge is 0.454 e. The number of nitrogens with one attached hydrogen (secondary N) is 2. The van der Waals surface area contributed by atoms with Crippen molar-refractivity contribution in [2.75, 3.05) is 56.8 Å². The van der Waals surface area contributed by atoms with E-state index in [1.807, 2.05) is 34.2 Å². The van der Waals surface area contributed by atoms with Gasteiger partial charge in [0.05, 0.1) is 18.9 Å². The molecular formula is C22H23N7O3S. The molecule has 33 heavy (non-hydrogen) atoms. The van der Waals surface area contributed by atoms with E-state index in [2.05, 4.69) is 25.9 Å². The van der Waals surface area contributed by atoms with E-state index >= 15 is 0 Å². The maximum absolute atomic E-state index is 5.51. The van der Waals surface area contributed by atoms with E-state index in [1.165, 1.54) is 0 Å². The molecule has 6 rings (SSSR count). The Morgan fingerprint density at radius 1 is 1.06 bits per heavy atom. The summed E-state index contributed by atoms with van der Waals surface area (Å²) in [5, 5.41) is 10.9. The highest BCUT2D eigenvalue weighted by Gasteiger charge is 2.18. The second-order valence-electron chi connectivity index (χ2n) is 7.74. The van der Waals surface area contributed by atoms with E-state index in [4.69, 9.17) is 24.2 Å². The zero-order chi connectivity index (χ0) is 22.0. The van der Waals surface area contributed by atoms with Gasteiger partial charge in [-0.2, -0.15) is 21.3 Å². The van der Waals surface area contributed by atoms with Crippen LogP contribution in [0.2, 0.25) is 0 Å². The standard InChI is InChI=1S/C22H23N7O3S/c1-2-17-18(32-14-31-17)11-15(1)25-20-19-21(29(13-24-19)16-3-10-33-12-16)27-22(26-20)23-4-5-28-6-8-30-9-7-28/h1-3,10-13H,4-9,14H2,(H2,23,25,26,27). The molecule has 0 aliphatic carbocycles. The lowest BCUT2D eigenvalue weighted by atomic mass is 10.2. The van der Waals surface area contributed by atoms with Gasteiger partial charge in [-0.15, -0.1) is 0 Å². The molecule has 4 aromatic rings. The summed E-state index contributed by atoms with van der Waals surface area (Å²) in [4.78, 5) is 16.5. The van der Waals surface area contributed by atoms with Crippen LogP contribution in [-0.4, -0.2) is 70.6 Å². The third-order valence-corrected chi connectivity index (χ3v) is 6.30. The molecule has 0 unspecified atom stereocenters. The van der Waals surface area contributed by atoms with Gasteiger partial charge in [0.2, 0.25) is 12.7 Å². The number of nitrogens with zero attached hydrogens (tertiary/aromatic N) is 5. The van der Waals surface area contributed by atoms with Gasteiger partial charge in [-0.25, -0.2) is 4.98 Å². The quantitative estimate of drug-likeness (QED) is 0.427. The van der Waals surface area contributed by atoms with Crippen LogP contribution in [0, 0.1) is 0 Å². The van der Waals surface area contributed by atoms with Crippen LogP contribution >= 0.6 is 11.3 Å². The third kappa shape index (κ3) is 4.17. The average Bonchev–Trinajstić information content (AvgIpc) is 3.60. The molecule has 0 amide bonds. The van der Waals surface area contributed by atoms with Crippen molar-refractivity contribution in [1.29, 1.82) is 0 Å². The van der Waals surface area contributed by atoms with Gasteiger partial charge < -0.3 is 24.8 Å². The first-order valence-corrected chi connectivity index (χ1v) is 11.8. The topological polar surface area (TPSA) is 98.6 Å². The molecule has 2 aliphatic rings. The molecule has 0 atom stereocenters. The maximum atomic E-state index is 5.51. The highest BCUT2D eigenvalue weighted by molar-refractivity contribution is 7.08. The third-order valence-electron chi connectivity index (χ3n) is 5.63. The van der Waals surface area contributed by atoms with Crippen molar-refractivity contribution in [2.45, 2.75) is 0 Å². The van der Waals surface area contributed by atoms with Crippen LogP contribution in [-0.2, 0) is 4.74 Å². The monoisotopic (exact) mass is 465 g/mol. The van der Waals surface area contributed by atoms with Crippen LogP contribution in [0.25, 0.3) is 16.9 Å². The van der Waals surface area contributed by atoms with E-state index in [-0.39, 0.29) is 6.79 Å². The maximum Gasteiger partial charge on any atom is 0.231 e. The minimum absolute atomic E-state index is 0.235. The Kier molecular flexibility index (Phi) is 5.42. The Hall–Kier alpha value is -3.41. The van der Waals surface area contributed by atoms with E-state index in [9.17, 15) is 0 Å². The number of fused-ring (bicyclic) bond motifs is 2.